The van der Waals surface area contributed by atoms with Crippen molar-refractivity contribution >= 4 is 11.7 Å². The zero-order chi connectivity index (χ0) is 14.7. The van der Waals surface area contributed by atoms with Crippen molar-refractivity contribution in [1.29, 1.82) is 0 Å². The maximum atomic E-state index is 12.3. The van der Waals surface area contributed by atoms with Crippen LogP contribution in [0.3, 0.4) is 0 Å². The van der Waals surface area contributed by atoms with Crippen LogP contribution in [0.25, 0.3) is 0 Å². The first-order chi connectivity index (χ1) is 10.3. The number of pyridine rings is 1. The minimum atomic E-state index is -0.237. The first-order valence-corrected chi connectivity index (χ1v) is 6.72. The second kappa shape index (κ2) is 5.92. The average Bonchev–Trinajstić information content (AvgIpc) is 3.09. The largest absolute Gasteiger partial charge is 0.438 e. The number of ether oxygens (including phenoxy) is 1. The van der Waals surface area contributed by atoms with E-state index in [-0.39, 0.29) is 17.8 Å². The predicted molar refractivity (Wildman–Crippen MR) is 74.9 cm³/mol. The molecule has 3 heterocycles. The molecule has 1 aliphatic heterocycles. The van der Waals surface area contributed by atoms with Crippen LogP contribution in [-0.4, -0.2) is 47.5 Å². The Hall–Kier alpha value is -2.41. The average molecular weight is 288 g/mol. The number of morpholine rings is 1. The van der Waals surface area contributed by atoms with Crippen molar-refractivity contribution in [3.63, 3.8) is 0 Å². The quantitative estimate of drug-likeness (QED) is 0.917. The van der Waals surface area contributed by atoms with E-state index in [1.165, 1.54) is 12.6 Å². The van der Waals surface area contributed by atoms with Crippen LogP contribution in [-0.2, 0) is 4.74 Å². The van der Waals surface area contributed by atoms with Gasteiger partial charge in [-0.25, -0.2) is 9.97 Å². The molecule has 7 nitrogen and oxygen atoms in total. The number of hydrogen-bond acceptors (Lipinski definition) is 6. The number of oxazole rings is 1. The van der Waals surface area contributed by atoms with E-state index < -0.39 is 0 Å². The molecule has 3 rings (SSSR count). The molecule has 21 heavy (non-hydrogen) atoms. The summed E-state index contributed by atoms with van der Waals surface area (Å²) >= 11 is 0. The summed E-state index contributed by atoms with van der Waals surface area (Å²) in [7, 11) is 1.81. The molecule has 0 unspecified atom stereocenters. The summed E-state index contributed by atoms with van der Waals surface area (Å²) in [5.41, 5.74) is 0.803. The van der Waals surface area contributed by atoms with Crippen LogP contribution in [0.4, 0.5) is 5.82 Å². The van der Waals surface area contributed by atoms with E-state index in [0.29, 0.717) is 19.7 Å². The van der Waals surface area contributed by atoms with Gasteiger partial charge in [-0.3, -0.25) is 4.79 Å². The number of carbonyl (C=O) groups excluding carboxylic acids is 1. The van der Waals surface area contributed by atoms with Crippen LogP contribution < -0.4 is 5.32 Å². The highest BCUT2D eigenvalue weighted by Crippen LogP contribution is 2.22. The second-order valence-electron chi connectivity index (χ2n) is 4.67. The topological polar surface area (TPSA) is 80.5 Å². The van der Waals surface area contributed by atoms with Crippen LogP contribution >= 0.6 is 0 Å². The summed E-state index contributed by atoms with van der Waals surface area (Å²) in [5.74, 6) is 0.841. The Bertz CT molecular complexity index is 614. The van der Waals surface area contributed by atoms with Gasteiger partial charge in [0.25, 0.3) is 5.91 Å². The second-order valence-corrected chi connectivity index (χ2v) is 4.67. The van der Waals surface area contributed by atoms with Crippen molar-refractivity contribution in [2.24, 2.45) is 0 Å². The molecule has 110 valence electrons. The fraction of sp³-hybridized carbons (Fsp3) is 0.357. The number of carbonyl (C=O) groups is 1. The summed E-state index contributed by atoms with van der Waals surface area (Å²) in [6.07, 6.45) is 2.44. The van der Waals surface area contributed by atoms with Crippen LogP contribution in [0, 0.1) is 0 Å². The van der Waals surface area contributed by atoms with Crippen LogP contribution in [0.15, 0.2) is 35.2 Å². The molecule has 2 aromatic rings. The standard InChI is InChI=1S/C14H16N4O3/c1-15-13-4-2-3-10(17-13)12-8-18(5-6-20-12)14(19)11-7-16-9-21-11/h2-4,7,9,12H,5-6,8H2,1H3,(H,15,17)/t12-/m0/s1. The van der Waals surface area contributed by atoms with Gasteiger partial charge >= 0.3 is 0 Å². The Morgan fingerprint density at radius 2 is 2.38 bits per heavy atom. The molecule has 0 radical (unpaired) electrons. The highest BCUT2D eigenvalue weighted by Gasteiger charge is 2.28. The molecule has 1 fully saturated rings. The van der Waals surface area contributed by atoms with E-state index in [0.717, 1.165) is 11.5 Å². The molecule has 1 aliphatic rings. The molecular weight excluding hydrogens is 272 g/mol. The van der Waals surface area contributed by atoms with Gasteiger partial charge < -0.3 is 19.4 Å². The summed E-state index contributed by atoms with van der Waals surface area (Å²) < 4.78 is 10.8. The number of aromatic nitrogens is 2. The van der Waals surface area contributed by atoms with Crippen molar-refractivity contribution in [2.75, 3.05) is 32.1 Å². The van der Waals surface area contributed by atoms with E-state index in [4.69, 9.17) is 9.15 Å². The lowest BCUT2D eigenvalue weighted by Crippen LogP contribution is -2.42. The van der Waals surface area contributed by atoms with Gasteiger partial charge in [0, 0.05) is 13.6 Å². The number of nitrogens with zero attached hydrogens (tertiary/aromatic N) is 3. The highest BCUT2D eigenvalue weighted by molar-refractivity contribution is 5.91. The molecule has 2 aromatic heterocycles. The third-order valence-corrected chi connectivity index (χ3v) is 3.35. The minimum Gasteiger partial charge on any atom is -0.438 e. The number of amides is 1. The van der Waals surface area contributed by atoms with Crippen molar-refractivity contribution in [1.82, 2.24) is 14.9 Å². The molecule has 0 bridgehead atoms. The van der Waals surface area contributed by atoms with Crippen molar-refractivity contribution in [3.05, 3.63) is 42.2 Å². The van der Waals surface area contributed by atoms with Crippen LogP contribution in [0.5, 0.6) is 0 Å². The fourth-order valence-electron chi connectivity index (χ4n) is 2.26. The Labute approximate surface area is 121 Å². The Morgan fingerprint density at radius 1 is 1.48 bits per heavy atom. The number of anilines is 1. The van der Waals surface area contributed by atoms with Gasteiger partial charge in [0.05, 0.1) is 25.0 Å². The zero-order valence-electron chi connectivity index (χ0n) is 11.7. The third kappa shape index (κ3) is 2.87. The van der Waals surface area contributed by atoms with E-state index >= 15 is 0 Å². The number of nitrogens with one attached hydrogen (secondary N) is 1. The minimum absolute atomic E-state index is 0.175. The molecule has 1 atom stereocenters. The first kappa shape index (κ1) is 13.6. The van der Waals surface area contributed by atoms with Gasteiger partial charge in [-0.1, -0.05) is 6.07 Å². The first-order valence-electron chi connectivity index (χ1n) is 6.72. The van der Waals surface area contributed by atoms with Crippen molar-refractivity contribution in [3.8, 4) is 0 Å². The summed E-state index contributed by atoms with van der Waals surface area (Å²) in [4.78, 5) is 22.2. The maximum absolute atomic E-state index is 12.3. The molecule has 1 amide bonds. The molecule has 0 saturated carbocycles. The lowest BCUT2D eigenvalue weighted by atomic mass is 10.2. The third-order valence-electron chi connectivity index (χ3n) is 3.35. The van der Waals surface area contributed by atoms with Gasteiger partial charge in [0.15, 0.2) is 6.39 Å². The summed E-state index contributed by atoms with van der Waals surface area (Å²) in [6, 6.07) is 5.69. The molecule has 1 N–H and O–H groups in total. The Balaban J connectivity index is 1.75. The number of hydrogen-bond donors (Lipinski definition) is 1. The monoisotopic (exact) mass is 288 g/mol. The van der Waals surface area contributed by atoms with E-state index in [2.05, 4.69) is 15.3 Å². The van der Waals surface area contributed by atoms with Gasteiger partial charge in [-0.05, 0) is 12.1 Å². The van der Waals surface area contributed by atoms with Crippen LogP contribution in [0.2, 0.25) is 0 Å². The van der Waals surface area contributed by atoms with Crippen molar-refractivity contribution in [2.45, 2.75) is 6.10 Å². The fourth-order valence-corrected chi connectivity index (χ4v) is 2.26. The van der Waals surface area contributed by atoms with Crippen LogP contribution in [0.1, 0.15) is 22.4 Å². The number of rotatable bonds is 3. The zero-order valence-corrected chi connectivity index (χ0v) is 11.7. The molecular formula is C14H16N4O3. The lowest BCUT2D eigenvalue weighted by Gasteiger charge is -2.32. The predicted octanol–water partition coefficient (Wildman–Crippen LogP) is 1.32. The molecule has 1 saturated heterocycles. The SMILES string of the molecule is CNc1cccc([C@@H]2CN(C(=O)c3cnco3)CCO2)n1. The summed E-state index contributed by atoms with van der Waals surface area (Å²) in [5, 5.41) is 2.99. The van der Waals surface area contributed by atoms with E-state index in [9.17, 15) is 4.79 Å². The molecule has 0 aliphatic carbocycles. The van der Waals surface area contributed by atoms with E-state index in [1.54, 1.807) is 4.90 Å². The van der Waals surface area contributed by atoms with Gasteiger partial charge in [-0.2, -0.15) is 0 Å². The molecule has 0 spiro atoms. The normalized spacial score (nSPS) is 18.5. The lowest BCUT2D eigenvalue weighted by molar-refractivity contribution is -0.0255. The van der Waals surface area contributed by atoms with E-state index in [1.807, 2.05) is 25.2 Å². The smallest absolute Gasteiger partial charge is 0.291 e. The summed E-state index contributed by atoms with van der Waals surface area (Å²) in [6.45, 7) is 1.44. The molecule has 7 heteroatoms. The molecule has 0 aromatic carbocycles. The Morgan fingerprint density at radius 3 is 3.14 bits per heavy atom. The highest BCUT2D eigenvalue weighted by atomic mass is 16.5. The van der Waals surface area contributed by atoms with Gasteiger partial charge in [0.2, 0.25) is 5.76 Å². The Kier molecular flexibility index (Phi) is 3.83. The van der Waals surface area contributed by atoms with Gasteiger partial charge in [0.1, 0.15) is 11.9 Å². The van der Waals surface area contributed by atoms with Gasteiger partial charge in [-0.15, -0.1) is 0 Å². The van der Waals surface area contributed by atoms with Crippen molar-refractivity contribution < 1.29 is 13.9 Å². The maximum Gasteiger partial charge on any atom is 0.291 e.